The number of hydrogen-bond donors (Lipinski definition) is 2. The van der Waals surface area contributed by atoms with Crippen molar-refractivity contribution in [2.75, 3.05) is 33.2 Å². The second-order valence-corrected chi connectivity index (χ2v) is 7.01. The highest BCUT2D eigenvalue weighted by Crippen LogP contribution is 2.17. The van der Waals surface area contributed by atoms with Gasteiger partial charge in [-0.3, -0.25) is 9.69 Å². The van der Waals surface area contributed by atoms with Gasteiger partial charge in [0.25, 0.3) is 0 Å². The molecule has 1 aromatic carbocycles. The van der Waals surface area contributed by atoms with Gasteiger partial charge in [-0.15, -0.1) is 0 Å². The minimum atomic E-state index is -1.03. The van der Waals surface area contributed by atoms with Crippen LogP contribution in [0.3, 0.4) is 0 Å². The third-order valence-corrected chi connectivity index (χ3v) is 4.94. The summed E-state index contributed by atoms with van der Waals surface area (Å²) in [5, 5.41) is 12.5. The van der Waals surface area contributed by atoms with Crippen LogP contribution in [0, 0.1) is 11.8 Å². The molecule has 2 amide bonds. The number of nitrogens with zero attached hydrogens (tertiary/aromatic N) is 2. The van der Waals surface area contributed by atoms with Crippen molar-refractivity contribution in [1.29, 1.82) is 0 Å². The number of likely N-dealkylation sites (tertiary alicyclic amines) is 1. The molecule has 6 nitrogen and oxygen atoms in total. The Hall–Kier alpha value is -2.23. The molecule has 0 aromatic heterocycles. The summed E-state index contributed by atoms with van der Waals surface area (Å²) in [6, 6.07) is 7.39. The number of amides is 2. The average Bonchev–Trinajstić information content (AvgIpc) is 2.67. The summed E-state index contributed by atoms with van der Waals surface area (Å²) in [6.07, 6.45) is 2.26. The molecule has 1 aliphatic heterocycles. The second-order valence-electron chi connectivity index (χ2n) is 6.57. The van der Waals surface area contributed by atoms with Gasteiger partial charge in [0.05, 0.1) is 0 Å². The van der Waals surface area contributed by atoms with Crippen LogP contribution >= 0.6 is 11.6 Å². The van der Waals surface area contributed by atoms with Gasteiger partial charge in [0, 0.05) is 43.2 Å². The summed E-state index contributed by atoms with van der Waals surface area (Å²) in [6.45, 7) is 2.53. The van der Waals surface area contributed by atoms with Crippen LogP contribution < -0.4 is 5.32 Å². The monoisotopic (exact) mass is 391 g/mol. The van der Waals surface area contributed by atoms with Crippen molar-refractivity contribution < 1.29 is 14.7 Å². The Bertz CT molecular complexity index is 689. The van der Waals surface area contributed by atoms with Crippen LogP contribution in [0.5, 0.6) is 0 Å². The Labute approximate surface area is 165 Å². The van der Waals surface area contributed by atoms with Gasteiger partial charge in [-0.25, -0.2) is 4.79 Å². The van der Waals surface area contributed by atoms with Crippen molar-refractivity contribution >= 4 is 23.6 Å². The van der Waals surface area contributed by atoms with Crippen LogP contribution in [-0.2, 0) is 4.79 Å². The van der Waals surface area contributed by atoms with Crippen LogP contribution in [-0.4, -0.2) is 66.2 Å². The number of piperidine rings is 1. The number of carbonyl (C=O) groups is 2. The molecule has 2 rings (SSSR count). The molecular weight excluding hydrogens is 366 g/mol. The van der Waals surface area contributed by atoms with Crippen LogP contribution in [0.2, 0.25) is 5.02 Å². The summed E-state index contributed by atoms with van der Waals surface area (Å²) in [5.74, 6) is 6.03. The number of halogens is 1. The maximum atomic E-state index is 11.5. The van der Waals surface area contributed by atoms with E-state index in [4.69, 9.17) is 11.6 Å². The number of benzene rings is 1. The Balaban J connectivity index is 1.70. The number of hydrogen-bond acceptors (Lipinski definition) is 3. The molecule has 1 fully saturated rings. The zero-order valence-corrected chi connectivity index (χ0v) is 16.3. The first-order chi connectivity index (χ1) is 13.0. The summed E-state index contributed by atoms with van der Waals surface area (Å²) < 4.78 is 0. The van der Waals surface area contributed by atoms with Gasteiger partial charge in [0.2, 0.25) is 5.91 Å². The standard InChI is InChI=1S/C20H26ClN3O3/c1-22-19(25)15-24(20(26)27)18-10-13-23(14-11-18)12-4-2-3-5-16-6-8-17(21)9-7-16/h6-9,18H,2,4,10-15H2,1H3,(H,22,25)(H,26,27). The fourth-order valence-electron chi connectivity index (χ4n) is 3.13. The molecular formula is C20H26ClN3O3. The van der Waals surface area contributed by atoms with E-state index in [1.54, 1.807) is 0 Å². The number of nitrogens with one attached hydrogen (secondary N) is 1. The van der Waals surface area contributed by atoms with Gasteiger partial charge in [-0.1, -0.05) is 23.4 Å². The molecule has 0 radical (unpaired) electrons. The highest BCUT2D eigenvalue weighted by Gasteiger charge is 2.28. The molecule has 1 heterocycles. The lowest BCUT2D eigenvalue weighted by molar-refractivity contribution is -0.122. The minimum Gasteiger partial charge on any atom is -0.465 e. The van der Waals surface area contributed by atoms with Crippen molar-refractivity contribution in [3.63, 3.8) is 0 Å². The average molecular weight is 392 g/mol. The third-order valence-electron chi connectivity index (χ3n) is 4.69. The molecule has 146 valence electrons. The van der Waals surface area contributed by atoms with E-state index >= 15 is 0 Å². The smallest absolute Gasteiger partial charge is 0.408 e. The predicted molar refractivity (Wildman–Crippen MR) is 106 cm³/mol. The molecule has 1 aromatic rings. The summed E-state index contributed by atoms with van der Waals surface area (Å²) in [4.78, 5) is 26.5. The van der Waals surface area contributed by atoms with Gasteiger partial charge < -0.3 is 15.3 Å². The Morgan fingerprint density at radius 1 is 1.30 bits per heavy atom. The molecule has 0 bridgehead atoms. The van der Waals surface area contributed by atoms with E-state index in [9.17, 15) is 14.7 Å². The maximum absolute atomic E-state index is 11.5. The first-order valence-electron chi connectivity index (χ1n) is 9.16. The molecule has 0 spiro atoms. The van der Waals surface area contributed by atoms with E-state index in [1.165, 1.54) is 11.9 Å². The lowest BCUT2D eigenvalue weighted by Gasteiger charge is -2.36. The molecule has 0 saturated carbocycles. The molecule has 7 heteroatoms. The molecule has 1 aliphatic rings. The van der Waals surface area contributed by atoms with Crippen molar-refractivity contribution in [3.8, 4) is 11.8 Å². The van der Waals surface area contributed by atoms with E-state index < -0.39 is 6.09 Å². The van der Waals surface area contributed by atoms with Crippen molar-refractivity contribution in [2.24, 2.45) is 0 Å². The summed E-state index contributed by atoms with van der Waals surface area (Å²) >= 11 is 5.85. The van der Waals surface area contributed by atoms with E-state index in [0.717, 1.165) is 50.9 Å². The van der Waals surface area contributed by atoms with Gasteiger partial charge in [0.15, 0.2) is 0 Å². The topological polar surface area (TPSA) is 72.9 Å². The summed E-state index contributed by atoms with van der Waals surface area (Å²) in [5.41, 5.74) is 0.963. The number of unbranched alkanes of at least 4 members (excludes halogenated alkanes) is 1. The van der Waals surface area contributed by atoms with E-state index in [-0.39, 0.29) is 18.5 Å². The van der Waals surface area contributed by atoms with Crippen LogP contribution in [0.1, 0.15) is 31.2 Å². The van der Waals surface area contributed by atoms with Gasteiger partial charge in [-0.05, 0) is 50.1 Å². The lowest BCUT2D eigenvalue weighted by Crippen LogP contribution is -2.50. The largest absolute Gasteiger partial charge is 0.465 e. The molecule has 0 unspecified atom stereocenters. The fourth-order valence-corrected chi connectivity index (χ4v) is 3.26. The fraction of sp³-hybridized carbons (Fsp3) is 0.500. The van der Waals surface area contributed by atoms with Crippen LogP contribution in [0.15, 0.2) is 24.3 Å². The number of carboxylic acid groups (broad SMARTS) is 1. The first kappa shape index (κ1) is 21.1. The van der Waals surface area contributed by atoms with Gasteiger partial charge >= 0.3 is 6.09 Å². The van der Waals surface area contributed by atoms with Crippen molar-refractivity contribution in [1.82, 2.24) is 15.1 Å². The van der Waals surface area contributed by atoms with E-state index in [1.807, 2.05) is 24.3 Å². The third kappa shape index (κ3) is 7.12. The van der Waals surface area contributed by atoms with Gasteiger partial charge in [-0.2, -0.15) is 0 Å². The van der Waals surface area contributed by atoms with Gasteiger partial charge in [0.1, 0.15) is 6.54 Å². The quantitative estimate of drug-likeness (QED) is 0.577. The first-order valence-corrected chi connectivity index (χ1v) is 9.54. The zero-order chi connectivity index (χ0) is 19.6. The lowest BCUT2D eigenvalue weighted by atomic mass is 10.0. The molecule has 1 saturated heterocycles. The minimum absolute atomic E-state index is 0.0965. The second kappa shape index (κ2) is 10.8. The van der Waals surface area contributed by atoms with E-state index in [0.29, 0.717) is 5.02 Å². The highest BCUT2D eigenvalue weighted by atomic mass is 35.5. The number of carbonyl (C=O) groups excluding carboxylic acids is 1. The predicted octanol–water partition coefficient (Wildman–Crippen LogP) is 2.66. The van der Waals surface area contributed by atoms with Crippen LogP contribution in [0.25, 0.3) is 0 Å². The molecule has 27 heavy (non-hydrogen) atoms. The normalized spacial score (nSPS) is 14.9. The van der Waals surface area contributed by atoms with Crippen molar-refractivity contribution in [2.45, 2.75) is 31.7 Å². The zero-order valence-electron chi connectivity index (χ0n) is 15.6. The maximum Gasteiger partial charge on any atom is 0.408 e. The Morgan fingerprint density at radius 3 is 2.56 bits per heavy atom. The molecule has 0 atom stereocenters. The highest BCUT2D eigenvalue weighted by molar-refractivity contribution is 6.30. The van der Waals surface area contributed by atoms with Crippen molar-refractivity contribution in [3.05, 3.63) is 34.9 Å². The SMILES string of the molecule is CNC(=O)CN(C(=O)O)C1CCN(CCCC#Cc2ccc(Cl)cc2)CC1. The number of rotatable bonds is 6. The van der Waals surface area contributed by atoms with Crippen LogP contribution in [0.4, 0.5) is 4.79 Å². The summed E-state index contributed by atoms with van der Waals surface area (Å²) in [7, 11) is 1.51. The molecule has 2 N–H and O–H groups in total. The number of likely N-dealkylation sites (N-methyl/N-ethyl adjacent to an activating group) is 1. The Kier molecular flexibility index (Phi) is 8.43. The van der Waals surface area contributed by atoms with E-state index in [2.05, 4.69) is 22.1 Å². The molecule has 0 aliphatic carbocycles. The Morgan fingerprint density at radius 2 is 1.96 bits per heavy atom.